The molecule has 2 atom stereocenters. The smallest absolute Gasteiger partial charge is 0.243 e. The van der Waals surface area contributed by atoms with E-state index in [4.69, 9.17) is 18.9 Å². The number of aliphatic hydroxyl groups excluding tert-OH is 1. The van der Waals surface area contributed by atoms with Gasteiger partial charge in [-0.2, -0.15) is 4.31 Å². The van der Waals surface area contributed by atoms with Crippen LogP contribution in [0.1, 0.15) is 19.3 Å². The third-order valence-corrected chi connectivity index (χ3v) is 10.6. The number of methoxy groups -OCH3 is 2. The van der Waals surface area contributed by atoms with Gasteiger partial charge in [0.25, 0.3) is 0 Å². The van der Waals surface area contributed by atoms with Crippen LogP contribution in [0.3, 0.4) is 0 Å². The predicted molar refractivity (Wildman–Crippen MR) is 147 cm³/mol. The Labute approximate surface area is 235 Å². The number of rotatable bonds is 12. The molecular formula is C26H37N3O9S2. The third-order valence-electron chi connectivity index (χ3n) is 7.30. The molecule has 2 aliphatic heterocycles. The molecule has 40 heavy (non-hydrogen) atoms. The molecular weight excluding hydrogens is 562 g/mol. The van der Waals surface area contributed by atoms with Gasteiger partial charge in [0, 0.05) is 37.8 Å². The van der Waals surface area contributed by atoms with E-state index >= 15 is 0 Å². The molecule has 222 valence electrons. The molecule has 2 saturated heterocycles. The second kappa shape index (κ2) is 12.6. The Balaban J connectivity index is 1.25. The first-order valence-corrected chi connectivity index (χ1v) is 15.9. The van der Waals surface area contributed by atoms with Gasteiger partial charge in [0.15, 0.2) is 11.5 Å². The summed E-state index contributed by atoms with van der Waals surface area (Å²) in [7, 11) is -3.00. The molecule has 0 radical (unpaired) electrons. The van der Waals surface area contributed by atoms with Crippen molar-refractivity contribution in [1.29, 1.82) is 0 Å². The average molecular weight is 600 g/mol. The van der Waals surface area contributed by atoms with Crippen LogP contribution in [0.5, 0.6) is 17.2 Å². The summed E-state index contributed by atoms with van der Waals surface area (Å²) >= 11 is 0. The van der Waals surface area contributed by atoms with Crippen molar-refractivity contribution in [2.75, 3.05) is 54.1 Å². The second-order valence-electron chi connectivity index (χ2n) is 9.87. The van der Waals surface area contributed by atoms with E-state index < -0.39 is 31.8 Å². The van der Waals surface area contributed by atoms with Crippen molar-refractivity contribution in [1.82, 2.24) is 14.3 Å². The summed E-state index contributed by atoms with van der Waals surface area (Å²) in [5.74, 6) is 1.16. The highest BCUT2D eigenvalue weighted by Crippen LogP contribution is 2.38. The number of benzene rings is 2. The van der Waals surface area contributed by atoms with Crippen molar-refractivity contribution in [3.05, 3.63) is 42.5 Å². The Bertz CT molecular complexity index is 1380. The Morgan fingerprint density at radius 2 is 1.77 bits per heavy atom. The maximum absolute atomic E-state index is 13.3. The Morgan fingerprint density at radius 1 is 1.05 bits per heavy atom. The number of sulfonamides is 2. The topological polar surface area (TPSA) is 153 Å². The summed E-state index contributed by atoms with van der Waals surface area (Å²) in [6.45, 7) is 1.38. The fourth-order valence-corrected chi connectivity index (χ4v) is 7.21. The third kappa shape index (κ3) is 6.87. The molecule has 0 aromatic heterocycles. The van der Waals surface area contributed by atoms with Crippen molar-refractivity contribution >= 4 is 20.0 Å². The van der Waals surface area contributed by atoms with Gasteiger partial charge in [-0.15, -0.1) is 0 Å². The predicted octanol–water partition coefficient (Wildman–Crippen LogP) is 0.954. The minimum Gasteiger partial charge on any atom is -0.493 e. The SMILES string of the molecule is CNS(=O)(=O)c1cccc(OCC(O)CNC2COC3(CCN(S(=O)(=O)c4ccc(OC)c(OC)c4)CC3)C2)c1. The van der Waals surface area contributed by atoms with Gasteiger partial charge in [-0.1, -0.05) is 6.07 Å². The van der Waals surface area contributed by atoms with Crippen LogP contribution in [0.4, 0.5) is 0 Å². The molecule has 12 nitrogen and oxygen atoms in total. The highest BCUT2D eigenvalue weighted by Gasteiger charge is 2.44. The van der Waals surface area contributed by atoms with E-state index in [0.717, 1.165) is 0 Å². The maximum atomic E-state index is 13.3. The summed E-state index contributed by atoms with van der Waals surface area (Å²) < 4.78 is 76.4. The molecule has 3 N–H and O–H groups in total. The number of piperidine rings is 1. The van der Waals surface area contributed by atoms with Crippen LogP contribution in [0, 0.1) is 0 Å². The van der Waals surface area contributed by atoms with E-state index in [1.54, 1.807) is 18.2 Å². The lowest BCUT2D eigenvalue weighted by Crippen LogP contribution is -2.47. The van der Waals surface area contributed by atoms with E-state index in [1.807, 2.05) is 0 Å². The number of nitrogens with zero attached hydrogens (tertiary/aromatic N) is 1. The summed E-state index contributed by atoms with van der Waals surface area (Å²) in [6, 6.07) is 10.6. The molecule has 2 fully saturated rings. The van der Waals surface area contributed by atoms with Gasteiger partial charge in [0.05, 0.1) is 36.2 Å². The van der Waals surface area contributed by atoms with Gasteiger partial charge < -0.3 is 29.4 Å². The molecule has 4 rings (SSSR count). The van der Waals surface area contributed by atoms with Crippen molar-refractivity contribution in [2.24, 2.45) is 0 Å². The largest absolute Gasteiger partial charge is 0.493 e. The van der Waals surface area contributed by atoms with Gasteiger partial charge in [-0.25, -0.2) is 21.6 Å². The lowest BCUT2D eigenvalue weighted by atomic mass is 9.88. The fraction of sp³-hybridized carbons (Fsp3) is 0.538. The number of hydrogen-bond acceptors (Lipinski definition) is 10. The van der Waals surface area contributed by atoms with Crippen LogP contribution in [0.2, 0.25) is 0 Å². The molecule has 2 unspecified atom stereocenters. The molecule has 2 aromatic rings. The number of hydrogen-bond donors (Lipinski definition) is 3. The molecule has 2 aromatic carbocycles. The van der Waals surface area contributed by atoms with Crippen molar-refractivity contribution in [3.8, 4) is 17.2 Å². The van der Waals surface area contributed by atoms with Crippen molar-refractivity contribution in [3.63, 3.8) is 0 Å². The van der Waals surface area contributed by atoms with E-state index in [0.29, 0.717) is 56.2 Å². The molecule has 14 heteroatoms. The normalized spacial score (nSPS) is 20.4. The zero-order valence-electron chi connectivity index (χ0n) is 22.8. The minimum atomic E-state index is -3.70. The maximum Gasteiger partial charge on any atom is 0.243 e. The first-order chi connectivity index (χ1) is 19.0. The van der Waals surface area contributed by atoms with Crippen molar-refractivity contribution < 1.29 is 40.9 Å². The highest BCUT2D eigenvalue weighted by atomic mass is 32.2. The van der Waals surface area contributed by atoms with E-state index in [2.05, 4.69) is 10.0 Å². The van der Waals surface area contributed by atoms with Gasteiger partial charge in [-0.3, -0.25) is 0 Å². The fourth-order valence-electron chi connectivity index (χ4n) is 4.99. The molecule has 1 spiro atoms. The van der Waals surface area contributed by atoms with Crippen LogP contribution >= 0.6 is 0 Å². The molecule has 2 heterocycles. The van der Waals surface area contributed by atoms with Crippen LogP contribution in [0.25, 0.3) is 0 Å². The highest BCUT2D eigenvalue weighted by molar-refractivity contribution is 7.89. The number of ether oxygens (including phenoxy) is 4. The van der Waals surface area contributed by atoms with E-state index in [9.17, 15) is 21.9 Å². The van der Waals surface area contributed by atoms with Crippen LogP contribution in [-0.4, -0.2) is 98.1 Å². The summed E-state index contributed by atoms with van der Waals surface area (Å²) in [4.78, 5) is 0.232. The van der Waals surface area contributed by atoms with Gasteiger partial charge in [-0.05, 0) is 50.6 Å². The van der Waals surface area contributed by atoms with Crippen molar-refractivity contribution in [2.45, 2.75) is 46.8 Å². The summed E-state index contributed by atoms with van der Waals surface area (Å²) in [5, 5.41) is 13.7. The van der Waals surface area contributed by atoms with Gasteiger partial charge in [0.2, 0.25) is 20.0 Å². The van der Waals surface area contributed by atoms with E-state index in [-0.39, 0.29) is 29.0 Å². The Kier molecular flexibility index (Phi) is 9.60. The van der Waals surface area contributed by atoms with Crippen LogP contribution < -0.4 is 24.2 Å². The number of aliphatic hydroxyl groups is 1. The van der Waals surface area contributed by atoms with Crippen LogP contribution in [-0.2, 0) is 24.8 Å². The van der Waals surface area contributed by atoms with Gasteiger partial charge in [0.1, 0.15) is 18.5 Å². The summed E-state index contributed by atoms with van der Waals surface area (Å²) in [6.07, 6.45) is 1.01. The summed E-state index contributed by atoms with van der Waals surface area (Å²) in [5.41, 5.74) is -0.415. The average Bonchev–Trinajstić information content (AvgIpc) is 3.36. The van der Waals surface area contributed by atoms with Crippen LogP contribution in [0.15, 0.2) is 52.3 Å². The zero-order chi connectivity index (χ0) is 29.0. The molecule has 0 saturated carbocycles. The number of nitrogens with one attached hydrogen (secondary N) is 2. The first-order valence-electron chi connectivity index (χ1n) is 13.0. The lowest BCUT2D eigenvalue weighted by Gasteiger charge is -2.38. The Hall–Kier alpha value is -2.46. The van der Waals surface area contributed by atoms with E-state index in [1.165, 1.54) is 49.8 Å². The lowest BCUT2D eigenvalue weighted by molar-refractivity contribution is -0.0312. The van der Waals surface area contributed by atoms with Gasteiger partial charge >= 0.3 is 0 Å². The zero-order valence-corrected chi connectivity index (χ0v) is 24.5. The molecule has 0 amide bonds. The monoisotopic (exact) mass is 599 g/mol. The molecule has 0 aliphatic carbocycles. The first kappa shape index (κ1) is 30.5. The standard InChI is InChI=1S/C26H37N3O9S2/c1-27-39(31,32)22-6-4-5-21(13-22)37-18-20(30)16-28-19-15-26(38-17-19)9-11-29(12-10-26)40(33,34)23-7-8-24(35-2)25(14-23)36-3/h4-8,13-14,19-20,27-28,30H,9-12,15-18H2,1-3H3. The quantitative estimate of drug-likeness (QED) is 0.322. The minimum absolute atomic E-state index is 0.00718. The second-order valence-corrected chi connectivity index (χ2v) is 13.7. The molecule has 0 bridgehead atoms. The molecule has 2 aliphatic rings. The Morgan fingerprint density at radius 3 is 2.45 bits per heavy atom.